The number of aliphatic hydroxyl groups excluding tert-OH is 16. The number of carbonyl (C=O) groups is 4. The van der Waals surface area contributed by atoms with E-state index in [2.05, 4.69) is 29.8 Å². The van der Waals surface area contributed by atoms with Gasteiger partial charge in [-0.25, -0.2) is 4.79 Å². The predicted octanol–water partition coefficient (Wildman–Crippen LogP) is 0.518. The van der Waals surface area contributed by atoms with Gasteiger partial charge < -0.3 is 150 Å². The fraction of sp³-hybridized carbons (Fsp3) is 0.922. The molecule has 0 spiro atoms. The summed E-state index contributed by atoms with van der Waals surface area (Å²) >= 11 is 0. The van der Waals surface area contributed by atoms with Crippen molar-refractivity contribution in [2.24, 2.45) is 0 Å². The highest BCUT2D eigenvalue weighted by molar-refractivity contribution is 5.77. The molecule has 5 fully saturated rings. The van der Waals surface area contributed by atoms with Gasteiger partial charge in [0.15, 0.2) is 25.2 Å². The van der Waals surface area contributed by atoms with E-state index in [1.807, 2.05) is 6.08 Å². The van der Waals surface area contributed by atoms with Crippen molar-refractivity contribution < 1.29 is 153 Å². The number of aliphatic carboxylic acids is 1. The van der Waals surface area contributed by atoms with Gasteiger partial charge in [-0.1, -0.05) is 206 Å². The highest BCUT2D eigenvalue weighted by Gasteiger charge is 2.62. The molecular formula is C77H139N3O31. The van der Waals surface area contributed by atoms with Crippen molar-refractivity contribution in [2.45, 2.75) is 411 Å². The normalized spacial score (nSPS) is 33.8. The van der Waals surface area contributed by atoms with E-state index >= 15 is 0 Å². The molecule has 34 nitrogen and oxygen atoms in total. The molecule has 5 heterocycles. The van der Waals surface area contributed by atoms with Gasteiger partial charge in [0.2, 0.25) is 17.7 Å². The molecule has 0 aromatic rings. The Bertz CT molecular complexity index is 2570. The van der Waals surface area contributed by atoms with Crippen LogP contribution in [-0.4, -0.2) is 321 Å². The molecule has 34 heteroatoms. The van der Waals surface area contributed by atoms with E-state index in [1.165, 1.54) is 128 Å². The first-order valence-corrected chi connectivity index (χ1v) is 41.1. The Labute approximate surface area is 653 Å². The average Bonchev–Trinajstić information content (AvgIpc) is 0.749. The van der Waals surface area contributed by atoms with E-state index in [9.17, 15) is 106 Å². The Morgan fingerprint density at radius 3 is 1.39 bits per heavy atom. The maximum Gasteiger partial charge on any atom is 0.364 e. The van der Waals surface area contributed by atoms with Crippen molar-refractivity contribution in [3.8, 4) is 0 Å². The first-order chi connectivity index (χ1) is 53.3. The first kappa shape index (κ1) is 98.2. The van der Waals surface area contributed by atoms with Crippen molar-refractivity contribution in [2.75, 3.05) is 39.6 Å². The molecule has 648 valence electrons. The lowest BCUT2D eigenvalue weighted by atomic mass is 9.88. The Hall–Kier alpha value is -3.42. The summed E-state index contributed by atoms with van der Waals surface area (Å²) in [5.41, 5.74) is 0. The minimum Gasteiger partial charge on any atom is -0.477 e. The Balaban J connectivity index is 1.37. The van der Waals surface area contributed by atoms with Crippen LogP contribution in [0.4, 0.5) is 0 Å². The molecule has 0 unspecified atom stereocenters. The van der Waals surface area contributed by atoms with Gasteiger partial charge in [-0.15, -0.1) is 0 Å². The average molecular weight is 1600 g/mol. The summed E-state index contributed by atoms with van der Waals surface area (Å²) in [4.78, 5) is 53.1. The van der Waals surface area contributed by atoms with Gasteiger partial charge in [0.25, 0.3) is 5.79 Å². The molecule has 5 rings (SSSR count). The lowest BCUT2D eigenvalue weighted by Gasteiger charge is -2.52. The minimum atomic E-state index is -3.38. The van der Waals surface area contributed by atoms with Gasteiger partial charge in [-0.3, -0.25) is 14.4 Å². The maximum absolute atomic E-state index is 13.8. The van der Waals surface area contributed by atoms with Crippen molar-refractivity contribution in [3.63, 3.8) is 0 Å². The summed E-state index contributed by atoms with van der Waals surface area (Å²) in [5.74, 6) is -7.70. The van der Waals surface area contributed by atoms with E-state index in [0.29, 0.717) is 12.8 Å². The number of ether oxygens (including phenoxy) is 10. The molecule has 0 aliphatic carbocycles. The van der Waals surface area contributed by atoms with Gasteiger partial charge >= 0.3 is 5.97 Å². The summed E-state index contributed by atoms with van der Waals surface area (Å²) in [6, 6.07) is -4.81. The third kappa shape index (κ3) is 31.4. The number of aliphatic hydroxyl groups is 16. The fourth-order valence-corrected chi connectivity index (χ4v) is 15.0. The molecule has 5 saturated heterocycles. The topological polar surface area (TPSA) is 541 Å². The number of amides is 3. The number of allylic oxidation sites excluding steroid dienone is 1. The zero-order chi connectivity index (χ0) is 81.6. The van der Waals surface area contributed by atoms with Crippen LogP contribution in [0.15, 0.2) is 12.2 Å². The SMILES string of the molecule is CCCCCCCCCCCCCCC/C=C/[C@H](O)[C@@H](CO[C@@H]1O[C@H](CO)[C@@H](O[C@@H]2O[C@H](CO)[C@H](O[C@@H]3O[C@H](CO)[C@H](O)[C@H](O[C@@H]4O[C@H](CO)[C@H](O)[C@H](O)[C@H]4O)[C@H]3NC(C)=O)[C@H](O[C@]3(C(=O)O)C[C@H](O)[C@@H](NC(C)=O)[C@H]([C@H](O)[C@H](O)CO)O3)[C@H]2O)[C@H](O)[C@H]1O)NC(=O)CCCCCCCCCCCCCCCCCCC. The van der Waals surface area contributed by atoms with Gasteiger partial charge in [0, 0.05) is 26.7 Å². The first-order valence-electron chi connectivity index (χ1n) is 41.1. The monoisotopic (exact) mass is 1600 g/mol. The van der Waals surface area contributed by atoms with Crippen molar-refractivity contribution in [3.05, 3.63) is 12.2 Å². The van der Waals surface area contributed by atoms with Crippen LogP contribution >= 0.6 is 0 Å². The third-order valence-corrected chi connectivity index (χ3v) is 21.6. The second kappa shape index (κ2) is 53.1. The lowest BCUT2D eigenvalue weighted by Crippen LogP contribution is -2.72. The second-order valence-corrected chi connectivity index (χ2v) is 30.7. The number of carboxylic acids is 1. The van der Waals surface area contributed by atoms with E-state index in [0.717, 1.165) is 71.6 Å². The molecule has 0 aromatic carbocycles. The third-order valence-electron chi connectivity index (χ3n) is 21.6. The van der Waals surface area contributed by atoms with E-state index < -0.39 is 235 Å². The van der Waals surface area contributed by atoms with Crippen LogP contribution in [-0.2, 0) is 66.5 Å². The molecule has 0 saturated carbocycles. The lowest BCUT2D eigenvalue weighted by molar-refractivity contribution is -0.403. The molecule has 0 aromatic heterocycles. The molecule has 3 amide bonds. The number of carboxylic acid groups (broad SMARTS) is 1. The van der Waals surface area contributed by atoms with Crippen LogP contribution in [0.1, 0.15) is 240 Å². The number of carbonyl (C=O) groups excluding carboxylic acids is 3. The summed E-state index contributed by atoms with van der Waals surface area (Å²) in [5, 5.41) is 197. The van der Waals surface area contributed by atoms with Gasteiger partial charge in [-0.2, -0.15) is 0 Å². The highest BCUT2D eigenvalue weighted by Crippen LogP contribution is 2.41. The van der Waals surface area contributed by atoms with E-state index in [4.69, 9.17) is 47.4 Å². The number of nitrogens with one attached hydrogen (secondary N) is 3. The number of unbranched alkanes of at least 4 members (excludes halogenated alkanes) is 29. The standard InChI is InChI=1S/C77H139N3O31/c1-5-7-9-11-13-15-17-19-21-22-24-26-28-30-32-34-36-38-56(91)80-48(49(88)37-35-33-31-29-27-25-23-20-18-16-14-12-10-8-6-2)45-102-73-65(98)63(96)67(54(43-84)105-73)107-75-66(99)71(111-77(76(100)101)39-50(89)57(78-46(3)86)70(110-77)59(92)51(90)40-81)68(55(44-85)106-75)108-72-58(79-47(4)87)69(61(94)53(42-83)103-72)109-74-64(97)62(95)60(93)52(41-82)104-74/h35,37,48-55,57-75,81-85,88-90,92-99H,5-34,36,38-45H2,1-4H3,(H,78,86)(H,79,87)(H,80,91)(H,100,101)/b37-35+/t48-,49+,50+,51-,52-,53-,54-,55-,57-,58-,59-,60+,61+,62+,63-,64-,65-,66-,67-,68+,69-,70-,71-,72+,73-,74+,75+,77+/m1/s1. The quantitative estimate of drug-likeness (QED) is 0.0291. The molecule has 20 N–H and O–H groups in total. The fourth-order valence-electron chi connectivity index (χ4n) is 15.0. The zero-order valence-electron chi connectivity index (χ0n) is 65.6. The summed E-state index contributed by atoms with van der Waals surface area (Å²) in [7, 11) is 0. The minimum absolute atomic E-state index is 0.135. The molecule has 0 radical (unpaired) electrons. The van der Waals surface area contributed by atoms with Crippen LogP contribution in [0.3, 0.4) is 0 Å². The van der Waals surface area contributed by atoms with Gasteiger partial charge in [0.05, 0.1) is 63.9 Å². The summed E-state index contributed by atoms with van der Waals surface area (Å²) in [6.45, 7) is 0.352. The largest absolute Gasteiger partial charge is 0.477 e. The maximum atomic E-state index is 13.8. The van der Waals surface area contributed by atoms with Crippen LogP contribution in [0.2, 0.25) is 0 Å². The highest BCUT2D eigenvalue weighted by atomic mass is 16.8. The second-order valence-electron chi connectivity index (χ2n) is 30.7. The summed E-state index contributed by atoms with van der Waals surface area (Å²) < 4.78 is 60.2. The van der Waals surface area contributed by atoms with Crippen LogP contribution in [0.25, 0.3) is 0 Å². The van der Waals surface area contributed by atoms with Crippen LogP contribution in [0, 0.1) is 0 Å². The van der Waals surface area contributed by atoms with Gasteiger partial charge in [0.1, 0.15) is 116 Å². The predicted molar refractivity (Wildman–Crippen MR) is 397 cm³/mol. The Morgan fingerprint density at radius 2 is 0.892 bits per heavy atom. The van der Waals surface area contributed by atoms with E-state index in [1.54, 1.807) is 6.08 Å². The molecule has 5 aliphatic rings. The van der Waals surface area contributed by atoms with Crippen molar-refractivity contribution >= 4 is 23.7 Å². The zero-order valence-corrected chi connectivity index (χ0v) is 65.6. The van der Waals surface area contributed by atoms with E-state index in [-0.39, 0.29) is 12.3 Å². The Kier molecular flexibility index (Phi) is 47.0. The molecule has 0 bridgehead atoms. The smallest absolute Gasteiger partial charge is 0.364 e. The number of rotatable bonds is 56. The summed E-state index contributed by atoms with van der Waals surface area (Å²) in [6.07, 6.45) is -11.3. The molecule has 28 atom stereocenters. The molecule has 5 aliphatic heterocycles. The van der Waals surface area contributed by atoms with Crippen LogP contribution < -0.4 is 16.0 Å². The van der Waals surface area contributed by atoms with Gasteiger partial charge in [-0.05, 0) is 19.3 Å². The van der Waals surface area contributed by atoms with Crippen molar-refractivity contribution in [1.82, 2.24) is 16.0 Å². The number of hydrogen-bond donors (Lipinski definition) is 20. The van der Waals surface area contributed by atoms with Crippen LogP contribution in [0.5, 0.6) is 0 Å². The molecular weight excluding hydrogens is 1460 g/mol. The number of hydrogen-bond acceptors (Lipinski definition) is 30. The van der Waals surface area contributed by atoms with Crippen molar-refractivity contribution in [1.29, 1.82) is 0 Å². The molecule has 111 heavy (non-hydrogen) atoms. The Morgan fingerprint density at radius 1 is 0.468 bits per heavy atom.